The summed E-state index contributed by atoms with van der Waals surface area (Å²) in [7, 11) is 1.57. The van der Waals surface area contributed by atoms with E-state index in [1.165, 1.54) is 0 Å². The molecule has 0 aromatic heterocycles. The fourth-order valence-corrected chi connectivity index (χ4v) is 0.166. The van der Waals surface area contributed by atoms with Gasteiger partial charge in [-0.1, -0.05) is 0 Å². The monoisotopic (exact) mass is 228 g/mol. The Labute approximate surface area is 83.7 Å². The molecule has 0 aliphatic heterocycles. The van der Waals surface area contributed by atoms with Gasteiger partial charge in [-0.05, 0) is 0 Å². The number of hydrogen-bond donors (Lipinski definition) is 0. The molecule has 0 atom stereocenters. The summed E-state index contributed by atoms with van der Waals surface area (Å²) in [6, 6.07) is 0. The Bertz CT molecular complexity index is 38.7. The summed E-state index contributed by atoms with van der Waals surface area (Å²) < 4.78 is 4.55. The van der Waals surface area contributed by atoms with E-state index in [-0.39, 0.29) is 48.9 Å². The molecule has 0 aliphatic rings. The van der Waals surface area contributed by atoms with Crippen molar-refractivity contribution in [3.05, 3.63) is 0 Å². The zero-order valence-electron chi connectivity index (χ0n) is 3.81. The van der Waals surface area contributed by atoms with Crippen LogP contribution in [-0.2, 0) is 9.53 Å². The second-order valence-corrected chi connectivity index (χ2v) is 0.948. The minimum absolute atomic E-state index is 0. The van der Waals surface area contributed by atoms with Crippen molar-refractivity contribution in [1.29, 1.82) is 0 Å². The minimum atomic E-state index is 0. The van der Waals surface area contributed by atoms with E-state index < -0.39 is 0 Å². The molecule has 0 unspecified atom stereocenters. The summed E-state index contributed by atoms with van der Waals surface area (Å²) in [5.41, 5.74) is 0. The van der Waals surface area contributed by atoms with Crippen LogP contribution in [0.2, 0.25) is 0 Å². The Balaban J connectivity index is 0. The van der Waals surface area contributed by atoms with Gasteiger partial charge in [-0.2, -0.15) is 0 Å². The standard InChI is InChI=1S/C4H8O2.Ba.2H/c1-6-4-2-3-5;;;/h3H,2,4H2,1H3;;;. The van der Waals surface area contributed by atoms with Crippen molar-refractivity contribution in [2.45, 2.75) is 6.42 Å². The molecule has 2 nitrogen and oxygen atoms in total. The first-order chi connectivity index (χ1) is 2.91. The molecular formula is C4H10BaO2. The average Bonchev–Trinajstić information content (AvgIpc) is 1.61. The summed E-state index contributed by atoms with van der Waals surface area (Å²) in [5.74, 6) is 0. The van der Waals surface area contributed by atoms with Crippen molar-refractivity contribution in [3.63, 3.8) is 0 Å². The second-order valence-electron chi connectivity index (χ2n) is 0.948. The first-order valence-corrected chi connectivity index (χ1v) is 1.84. The Hall–Kier alpha value is 1.20. The van der Waals surface area contributed by atoms with Gasteiger partial charge >= 0.3 is 48.9 Å². The van der Waals surface area contributed by atoms with Gasteiger partial charge in [0.15, 0.2) is 0 Å². The number of aldehydes is 1. The van der Waals surface area contributed by atoms with Crippen molar-refractivity contribution in [2.24, 2.45) is 0 Å². The number of carbonyl (C=O) groups is 1. The molecule has 0 N–H and O–H groups in total. The molecule has 0 heterocycles. The molecule has 0 saturated heterocycles. The predicted octanol–water partition coefficient (Wildman–Crippen LogP) is -0.694. The van der Waals surface area contributed by atoms with E-state index in [9.17, 15) is 4.79 Å². The van der Waals surface area contributed by atoms with Crippen LogP contribution >= 0.6 is 0 Å². The summed E-state index contributed by atoms with van der Waals surface area (Å²) in [4.78, 5) is 9.48. The van der Waals surface area contributed by atoms with Crippen LogP contribution < -0.4 is 0 Å². The van der Waals surface area contributed by atoms with Crippen LogP contribution in [0.1, 0.15) is 6.42 Å². The van der Waals surface area contributed by atoms with Crippen molar-refractivity contribution >= 4 is 55.2 Å². The molecule has 0 aromatic rings. The van der Waals surface area contributed by atoms with Crippen molar-refractivity contribution in [1.82, 2.24) is 0 Å². The maximum atomic E-state index is 9.48. The van der Waals surface area contributed by atoms with Gasteiger partial charge in [-0.15, -0.1) is 0 Å². The number of rotatable bonds is 3. The van der Waals surface area contributed by atoms with Crippen LogP contribution in [-0.4, -0.2) is 68.9 Å². The van der Waals surface area contributed by atoms with Gasteiger partial charge in [0, 0.05) is 13.5 Å². The van der Waals surface area contributed by atoms with Crippen LogP contribution in [0.25, 0.3) is 0 Å². The van der Waals surface area contributed by atoms with E-state index in [0.29, 0.717) is 13.0 Å². The Morgan fingerprint density at radius 3 is 2.43 bits per heavy atom. The number of ether oxygens (including phenoxy) is 1. The molecule has 40 valence electrons. The summed E-state index contributed by atoms with van der Waals surface area (Å²) >= 11 is 0. The summed E-state index contributed by atoms with van der Waals surface area (Å²) in [6.45, 7) is 0.545. The van der Waals surface area contributed by atoms with Crippen LogP contribution in [0.15, 0.2) is 0 Å². The Kier molecular flexibility index (Phi) is 16.2. The summed E-state index contributed by atoms with van der Waals surface area (Å²) in [5, 5.41) is 0. The quantitative estimate of drug-likeness (QED) is 0.362. The molecular weight excluding hydrogens is 217 g/mol. The molecule has 3 heteroatoms. The third-order valence-corrected chi connectivity index (χ3v) is 0.440. The molecule has 0 amide bonds. The number of carbonyl (C=O) groups excluding carboxylic acids is 1. The fraction of sp³-hybridized carbons (Fsp3) is 0.750. The van der Waals surface area contributed by atoms with Gasteiger partial charge in [0.05, 0.1) is 6.61 Å². The molecule has 0 aromatic carbocycles. The molecule has 0 saturated carbocycles. The molecule has 0 aliphatic carbocycles. The van der Waals surface area contributed by atoms with E-state index in [0.717, 1.165) is 6.29 Å². The molecule has 0 bridgehead atoms. The average molecular weight is 227 g/mol. The van der Waals surface area contributed by atoms with E-state index in [4.69, 9.17) is 0 Å². The van der Waals surface area contributed by atoms with E-state index in [2.05, 4.69) is 4.74 Å². The molecule has 0 radical (unpaired) electrons. The first kappa shape index (κ1) is 11.1. The van der Waals surface area contributed by atoms with Crippen LogP contribution in [0, 0.1) is 0 Å². The van der Waals surface area contributed by atoms with Gasteiger partial charge in [0.2, 0.25) is 0 Å². The van der Waals surface area contributed by atoms with Gasteiger partial charge in [0.1, 0.15) is 6.29 Å². The topological polar surface area (TPSA) is 26.3 Å². The fourth-order valence-electron chi connectivity index (χ4n) is 0.166. The number of methoxy groups -OCH3 is 1. The normalized spacial score (nSPS) is 7.00. The van der Waals surface area contributed by atoms with Crippen molar-refractivity contribution < 1.29 is 9.53 Å². The van der Waals surface area contributed by atoms with E-state index in [1.54, 1.807) is 7.11 Å². The predicted molar refractivity (Wildman–Crippen MR) is 31.1 cm³/mol. The third kappa shape index (κ3) is 11.0. The van der Waals surface area contributed by atoms with Crippen LogP contribution in [0.4, 0.5) is 0 Å². The van der Waals surface area contributed by atoms with Gasteiger partial charge in [-0.25, -0.2) is 0 Å². The zero-order valence-corrected chi connectivity index (χ0v) is 3.81. The first-order valence-electron chi connectivity index (χ1n) is 1.84. The van der Waals surface area contributed by atoms with Gasteiger partial charge in [0.25, 0.3) is 0 Å². The van der Waals surface area contributed by atoms with Crippen molar-refractivity contribution in [3.8, 4) is 0 Å². The maximum absolute atomic E-state index is 9.48. The molecule has 0 rings (SSSR count). The SMILES string of the molecule is COCCC=O.[BaH2]. The Morgan fingerprint density at radius 1 is 1.71 bits per heavy atom. The zero-order chi connectivity index (χ0) is 4.83. The van der Waals surface area contributed by atoms with E-state index >= 15 is 0 Å². The van der Waals surface area contributed by atoms with E-state index in [1.807, 2.05) is 0 Å². The van der Waals surface area contributed by atoms with Crippen LogP contribution in [0.5, 0.6) is 0 Å². The number of hydrogen-bond acceptors (Lipinski definition) is 2. The van der Waals surface area contributed by atoms with Gasteiger partial charge in [-0.3, -0.25) is 0 Å². The molecule has 0 fully saturated rings. The summed E-state index contributed by atoms with van der Waals surface area (Å²) in [6.07, 6.45) is 1.35. The van der Waals surface area contributed by atoms with Gasteiger partial charge < -0.3 is 9.53 Å². The van der Waals surface area contributed by atoms with Crippen molar-refractivity contribution in [2.75, 3.05) is 13.7 Å². The second kappa shape index (κ2) is 10.2. The molecule has 0 spiro atoms. The third-order valence-electron chi connectivity index (χ3n) is 0.440. The Morgan fingerprint density at radius 2 is 2.29 bits per heavy atom. The molecule has 7 heavy (non-hydrogen) atoms. The van der Waals surface area contributed by atoms with Crippen LogP contribution in [0.3, 0.4) is 0 Å².